The van der Waals surface area contributed by atoms with Crippen molar-refractivity contribution in [2.75, 3.05) is 0 Å². The summed E-state index contributed by atoms with van der Waals surface area (Å²) in [5.74, 6) is -0.634. The molecule has 6 heteroatoms. The number of rotatable bonds is 4. The average Bonchev–Trinajstić information content (AvgIpc) is 3.24. The van der Waals surface area contributed by atoms with Gasteiger partial charge in [0, 0.05) is 24.4 Å². The van der Waals surface area contributed by atoms with Gasteiger partial charge in [0.15, 0.2) is 5.41 Å². The molecule has 0 unspecified atom stereocenters. The van der Waals surface area contributed by atoms with Gasteiger partial charge in [-0.05, 0) is 31.4 Å². The number of benzene rings is 1. The molecule has 1 aliphatic carbocycles. The minimum absolute atomic E-state index is 0.242. The molecule has 2 heterocycles. The SMILES string of the molecule is CC1(C)[C@]2(C(=O)NCc3ccccc3-n3ccnc3)CC[C@@]1(C)OC2=O. The third-order valence-electron chi connectivity index (χ3n) is 6.63. The van der Waals surface area contributed by atoms with Crippen LogP contribution in [0.1, 0.15) is 39.2 Å². The van der Waals surface area contributed by atoms with Crippen molar-refractivity contribution in [1.82, 2.24) is 14.9 Å². The van der Waals surface area contributed by atoms with Crippen LogP contribution in [0.3, 0.4) is 0 Å². The molecule has 1 saturated heterocycles. The van der Waals surface area contributed by atoms with E-state index in [4.69, 9.17) is 4.74 Å². The summed E-state index contributed by atoms with van der Waals surface area (Å²) < 4.78 is 7.51. The van der Waals surface area contributed by atoms with E-state index >= 15 is 0 Å². The lowest BCUT2D eigenvalue weighted by Gasteiger charge is -2.34. The van der Waals surface area contributed by atoms with Crippen LogP contribution in [0.25, 0.3) is 5.69 Å². The lowest BCUT2D eigenvalue weighted by molar-refractivity contribution is -0.162. The van der Waals surface area contributed by atoms with E-state index in [0.29, 0.717) is 19.4 Å². The van der Waals surface area contributed by atoms with Gasteiger partial charge in [0.05, 0.1) is 12.0 Å². The topological polar surface area (TPSA) is 73.2 Å². The van der Waals surface area contributed by atoms with E-state index in [-0.39, 0.29) is 5.91 Å². The van der Waals surface area contributed by atoms with Gasteiger partial charge in [-0.1, -0.05) is 32.0 Å². The molecule has 0 spiro atoms. The highest BCUT2D eigenvalue weighted by molar-refractivity contribution is 6.06. The Morgan fingerprint density at radius 1 is 1.27 bits per heavy atom. The zero-order valence-electron chi connectivity index (χ0n) is 15.3. The summed E-state index contributed by atoms with van der Waals surface area (Å²) in [6.07, 6.45) is 6.54. The van der Waals surface area contributed by atoms with Crippen molar-refractivity contribution in [3.05, 3.63) is 48.5 Å². The number of hydrogen-bond acceptors (Lipinski definition) is 4. The highest BCUT2D eigenvalue weighted by atomic mass is 16.6. The maximum Gasteiger partial charge on any atom is 0.322 e. The van der Waals surface area contributed by atoms with Crippen LogP contribution in [0.4, 0.5) is 0 Å². The van der Waals surface area contributed by atoms with Crippen LogP contribution in [0, 0.1) is 10.8 Å². The summed E-state index contributed by atoms with van der Waals surface area (Å²) in [5, 5.41) is 2.99. The van der Waals surface area contributed by atoms with Crippen molar-refractivity contribution in [3.8, 4) is 5.69 Å². The molecule has 2 aromatic rings. The first kappa shape index (κ1) is 16.8. The first-order valence-electron chi connectivity index (χ1n) is 8.90. The number of nitrogens with zero attached hydrogens (tertiary/aromatic N) is 2. The number of carbonyl (C=O) groups is 2. The standard InChI is InChI=1S/C20H23N3O3/c1-18(2)19(3)8-9-20(18,17(25)26-19)16(24)22-12-14-6-4-5-7-15(14)23-11-10-21-13-23/h4-7,10-11,13H,8-9,12H2,1-3H3,(H,22,24)/t19-,20+/m1/s1. The molecule has 1 aromatic carbocycles. The third kappa shape index (κ3) is 2.01. The van der Waals surface area contributed by atoms with Crippen LogP contribution >= 0.6 is 0 Å². The maximum atomic E-state index is 13.1. The molecule has 2 atom stereocenters. The number of para-hydroxylation sites is 1. The van der Waals surface area contributed by atoms with E-state index in [1.54, 1.807) is 12.5 Å². The summed E-state index contributed by atoms with van der Waals surface area (Å²) in [4.78, 5) is 29.8. The van der Waals surface area contributed by atoms with E-state index in [0.717, 1.165) is 11.3 Å². The van der Waals surface area contributed by atoms with Crippen LogP contribution in [-0.2, 0) is 20.9 Å². The molecule has 1 aromatic heterocycles. The summed E-state index contributed by atoms with van der Waals surface area (Å²) in [5.41, 5.74) is -0.306. The van der Waals surface area contributed by atoms with Gasteiger partial charge in [-0.3, -0.25) is 9.59 Å². The van der Waals surface area contributed by atoms with E-state index in [1.807, 2.05) is 55.8 Å². The van der Waals surface area contributed by atoms with Gasteiger partial charge in [-0.15, -0.1) is 0 Å². The van der Waals surface area contributed by atoms with Crippen molar-refractivity contribution in [1.29, 1.82) is 0 Å². The Labute approximate surface area is 152 Å². The second-order valence-corrected chi connectivity index (χ2v) is 7.93. The lowest BCUT2D eigenvalue weighted by atomic mass is 9.65. The number of amides is 1. The van der Waals surface area contributed by atoms with E-state index in [9.17, 15) is 9.59 Å². The zero-order chi connectivity index (χ0) is 18.6. The molecule has 1 aliphatic heterocycles. The number of carbonyl (C=O) groups excluding carboxylic acids is 2. The molecule has 2 fully saturated rings. The van der Waals surface area contributed by atoms with Gasteiger partial charge in [-0.25, -0.2) is 4.98 Å². The molecule has 6 nitrogen and oxygen atoms in total. The van der Waals surface area contributed by atoms with Crippen LogP contribution in [0.15, 0.2) is 43.0 Å². The minimum atomic E-state index is -1.11. The number of hydrogen-bond donors (Lipinski definition) is 1. The molecule has 1 saturated carbocycles. The molecule has 2 aliphatic rings. The predicted octanol–water partition coefficient (Wildman–Crippen LogP) is 2.61. The van der Waals surface area contributed by atoms with Gasteiger partial charge in [0.2, 0.25) is 5.91 Å². The molecule has 136 valence electrons. The fourth-order valence-electron chi connectivity index (χ4n) is 4.46. The number of fused-ring (bicyclic) bond motifs is 2. The highest BCUT2D eigenvalue weighted by Crippen LogP contribution is 2.65. The van der Waals surface area contributed by atoms with Crippen LogP contribution in [-0.4, -0.2) is 27.0 Å². The number of imidazole rings is 1. The van der Waals surface area contributed by atoms with Crippen LogP contribution in [0.5, 0.6) is 0 Å². The Morgan fingerprint density at radius 3 is 2.65 bits per heavy atom. The van der Waals surface area contributed by atoms with Gasteiger partial charge in [0.1, 0.15) is 5.60 Å². The van der Waals surface area contributed by atoms with Gasteiger partial charge >= 0.3 is 5.97 Å². The van der Waals surface area contributed by atoms with Crippen molar-refractivity contribution in [2.24, 2.45) is 10.8 Å². The van der Waals surface area contributed by atoms with Gasteiger partial charge in [0.25, 0.3) is 0 Å². The number of esters is 1. The Bertz CT molecular complexity index is 874. The number of nitrogens with one attached hydrogen (secondary N) is 1. The summed E-state index contributed by atoms with van der Waals surface area (Å²) in [7, 11) is 0. The minimum Gasteiger partial charge on any atom is -0.458 e. The van der Waals surface area contributed by atoms with Gasteiger partial charge in [-0.2, -0.15) is 0 Å². The van der Waals surface area contributed by atoms with Crippen molar-refractivity contribution in [2.45, 2.75) is 45.8 Å². The Hall–Kier alpha value is -2.63. The summed E-state index contributed by atoms with van der Waals surface area (Å²) >= 11 is 0. The summed E-state index contributed by atoms with van der Waals surface area (Å²) in [6, 6.07) is 7.81. The van der Waals surface area contributed by atoms with E-state index in [2.05, 4.69) is 10.3 Å². The van der Waals surface area contributed by atoms with E-state index < -0.39 is 22.4 Å². The van der Waals surface area contributed by atoms with Gasteiger partial charge < -0.3 is 14.6 Å². The first-order valence-corrected chi connectivity index (χ1v) is 8.90. The van der Waals surface area contributed by atoms with Crippen LogP contribution < -0.4 is 5.32 Å². The largest absolute Gasteiger partial charge is 0.458 e. The van der Waals surface area contributed by atoms with Crippen molar-refractivity contribution < 1.29 is 14.3 Å². The Kier molecular flexibility index (Phi) is 3.51. The molecular formula is C20H23N3O3. The Balaban J connectivity index is 1.59. The van der Waals surface area contributed by atoms with Crippen molar-refractivity contribution >= 4 is 11.9 Å². The molecule has 1 N–H and O–H groups in total. The van der Waals surface area contributed by atoms with E-state index in [1.165, 1.54) is 0 Å². The fraction of sp³-hybridized carbons (Fsp3) is 0.450. The maximum absolute atomic E-state index is 13.1. The monoisotopic (exact) mass is 353 g/mol. The van der Waals surface area contributed by atoms with Crippen LogP contribution in [0.2, 0.25) is 0 Å². The second-order valence-electron chi connectivity index (χ2n) is 7.93. The Morgan fingerprint density at radius 2 is 2.04 bits per heavy atom. The highest BCUT2D eigenvalue weighted by Gasteiger charge is 2.76. The zero-order valence-corrected chi connectivity index (χ0v) is 15.3. The predicted molar refractivity (Wildman–Crippen MR) is 95.4 cm³/mol. The molecular weight excluding hydrogens is 330 g/mol. The fourth-order valence-corrected chi connectivity index (χ4v) is 4.46. The molecule has 4 rings (SSSR count). The molecule has 2 bridgehead atoms. The van der Waals surface area contributed by atoms with Crippen molar-refractivity contribution in [3.63, 3.8) is 0 Å². The lowest BCUT2D eigenvalue weighted by Crippen LogP contribution is -2.50. The smallest absolute Gasteiger partial charge is 0.322 e. The first-order chi connectivity index (χ1) is 12.3. The normalized spacial score (nSPS) is 28.8. The molecule has 26 heavy (non-hydrogen) atoms. The second kappa shape index (κ2) is 5.43. The summed E-state index contributed by atoms with van der Waals surface area (Å²) in [6.45, 7) is 6.20. The quantitative estimate of drug-likeness (QED) is 0.677. The number of aromatic nitrogens is 2. The molecule has 0 radical (unpaired) electrons. The average molecular weight is 353 g/mol. The molecule has 1 amide bonds. The third-order valence-corrected chi connectivity index (χ3v) is 6.63. The number of ether oxygens (including phenoxy) is 1.